The second-order valence-corrected chi connectivity index (χ2v) is 4.58. The third-order valence-corrected chi connectivity index (χ3v) is 3.44. The molecule has 0 heterocycles. The van der Waals surface area contributed by atoms with Crippen LogP contribution in [0.1, 0.15) is 5.56 Å². The Morgan fingerprint density at radius 3 is 2.94 bits per heavy atom. The maximum absolute atomic E-state index is 13.0. The molecule has 0 fully saturated rings. The molecule has 6 heteroatoms. The number of nitrogens with two attached hydrogens (primary N) is 1. The minimum atomic E-state index is -1.04. The van der Waals surface area contributed by atoms with Crippen molar-refractivity contribution < 1.29 is 14.3 Å². The zero-order valence-electron chi connectivity index (χ0n) is 8.32. The number of carbonyl (C=O) groups is 1. The first-order chi connectivity index (χ1) is 7.52. The SMILES string of the molecule is N[C@@H](CSCc1cccc(F)c1Cl)C(=O)O. The molecule has 0 bridgehead atoms. The van der Waals surface area contributed by atoms with Crippen molar-refractivity contribution in [2.24, 2.45) is 5.73 Å². The number of carboxylic acids is 1. The van der Waals surface area contributed by atoms with Crippen LogP contribution in [0.25, 0.3) is 0 Å². The second-order valence-electron chi connectivity index (χ2n) is 3.17. The van der Waals surface area contributed by atoms with Crippen molar-refractivity contribution in [2.75, 3.05) is 5.75 Å². The summed E-state index contributed by atoms with van der Waals surface area (Å²) in [5.41, 5.74) is 5.96. The number of aliphatic carboxylic acids is 1. The van der Waals surface area contributed by atoms with Crippen molar-refractivity contribution in [1.29, 1.82) is 0 Å². The number of benzene rings is 1. The van der Waals surface area contributed by atoms with E-state index in [9.17, 15) is 9.18 Å². The molecule has 1 aromatic carbocycles. The van der Waals surface area contributed by atoms with Crippen molar-refractivity contribution >= 4 is 29.3 Å². The van der Waals surface area contributed by atoms with E-state index in [1.165, 1.54) is 17.8 Å². The lowest BCUT2D eigenvalue weighted by atomic mass is 10.2. The Balaban J connectivity index is 2.49. The molecule has 0 saturated carbocycles. The zero-order valence-corrected chi connectivity index (χ0v) is 9.89. The molecule has 88 valence electrons. The number of hydrogen-bond donors (Lipinski definition) is 2. The van der Waals surface area contributed by atoms with E-state index in [-0.39, 0.29) is 10.8 Å². The summed E-state index contributed by atoms with van der Waals surface area (Å²) in [5, 5.41) is 8.64. The van der Waals surface area contributed by atoms with Gasteiger partial charge in [0.05, 0.1) is 5.02 Å². The van der Waals surface area contributed by atoms with Crippen LogP contribution in [0.15, 0.2) is 18.2 Å². The van der Waals surface area contributed by atoms with E-state index in [0.29, 0.717) is 11.3 Å². The molecule has 3 N–H and O–H groups in total. The van der Waals surface area contributed by atoms with Crippen LogP contribution >= 0.6 is 23.4 Å². The Morgan fingerprint density at radius 2 is 2.31 bits per heavy atom. The Labute approximate surface area is 102 Å². The number of rotatable bonds is 5. The van der Waals surface area contributed by atoms with Crippen LogP contribution in [-0.2, 0) is 10.5 Å². The van der Waals surface area contributed by atoms with Gasteiger partial charge in [0.2, 0.25) is 0 Å². The van der Waals surface area contributed by atoms with E-state index in [1.54, 1.807) is 12.1 Å². The van der Waals surface area contributed by atoms with Crippen molar-refractivity contribution in [3.8, 4) is 0 Å². The van der Waals surface area contributed by atoms with E-state index in [4.69, 9.17) is 22.4 Å². The smallest absolute Gasteiger partial charge is 0.321 e. The summed E-state index contributed by atoms with van der Waals surface area (Å²) in [7, 11) is 0. The van der Waals surface area contributed by atoms with Crippen molar-refractivity contribution in [1.82, 2.24) is 0 Å². The highest BCUT2D eigenvalue weighted by atomic mass is 35.5. The number of hydrogen-bond acceptors (Lipinski definition) is 3. The van der Waals surface area contributed by atoms with Crippen molar-refractivity contribution in [3.63, 3.8) is 0 Å². The zero-order chi connectivity index (χ0) is 12.1. The van der Waals surface area contributed by atoms with Crippen molar-refractivity contribution in [3.05, 3.63) is 34.6 Å². The average molecular weight is 264 g/mol. The van der Waals surface area contributed by atoms with Crippen LogP contribution in [0.5, 0.6) is 0 Å². The topological polar surface area (TPSA) is 63.3 Å². The van der Waals surface area contributed by atoms with Gasteiger partial charge in [-0.1, -0.05) is 23.7 Å². The molecule has 0 aliphatic carbocycles. The molecule has 0 spiro atoms. The summed E-state index contributed by atoms with van der Waals surface area (Å²) in [6.45, 7) is 0. The molecule has 1 rings (SSSR count). The highest BCUT2D eigenvalue weighted by molar-refractivity contribution is 7.98. The lowest BCUT2D eigenvalue weighted by Crippen LogP contribution is -2.32. The molecule has 16 heavy (non-hydrogen) atoms. The number of halogens is 2. The van der Waals surface area contributed by atoms with E-state index < -0.39 is 17.8 Å². The monoisotopic (exact) mass is 263 g/mol. The summed E-state index contributed by atoms with van der Waals surface area (Å²) in [6, 6.07) is 3.63. The van der Waals surface area contributed by atoms with Gasteiger partial charge in [0.25, 0.3) is 0 Å². The summed E-state index contributed by atoms with van der Waals surface area (Å²) in [4.78, 5) is 10.4. The first kappa shape index (κ1) is 13.3. The predicted molar refractivity (Wildman–Crippen MR) is 63.2 cm³/mol. The maximum atomic E-state index is 13.0. The Kier molecular flexibility index (Phi) is 5.05. The van der Waals surface area contributed by atoms with Crippen LogP contribution in [0.3, 0.4) is 0 Å². The molecular formula is C10H11ClFNO2S. The summed E-state index contributed by atoms with van der Waals surface area (Å²) in [5.74, 6) is -0.806. The lowest BCUT2D eigenvalue weighted by molar-refractivity contribution is -0.137. The highest BCUT2D eigenvalue weighted by Gasteiger charge is 2.12. The van der Waals surface area contributed by atoms with E-state index in [1.807, 2.05) is 0 Å². The molecule has 0 unspecified atom stereocenters. The third-order valence-electron chi connectivity index (χ3n) is 1.90. The average Bonchev–Trinajstić information content (AvgIpc) is 2.24. The van der Waals surface area contributed by atoms with Crippen LogP contribution < -0.4 is 5.73 Å². The van der Waals surface area contributed by atoms with Gasteiger partial charge in [0.1, 0.15) is 11.9 Å². The van der Waals surface area contributed by atoms with Crippen LogP contribution in [0.4, 0.5) is 4.39 Å². The minimum absolute atomic E-state index is 0.0823. The maximum Gasteiger partial charge on any atom is 0.321 e. The van der Waals surface area contributed by atoms with Crippen LogP contribution in [0.2, 0.25) is 5.02 Å². The van der Waals surface area contributed by atoms with Crippen LogP contribution in [0, 0.1) is 5.82 Å². The first-order valence-electron chi connectivity index (χ1n) is 4.51. The fourth-order valence-corrected chi connectivity index (χ4v) is 2.27. The molecule has 0 amide bonds. The Morgan fingerprint density at radius 1 is 1.62 bits per heavy atom. The highest BCUT2D eigenvalue weighted by Crippen LogP contribution is 2.23. The van der Waals surface area contributed by atoms with E-state index in [2.05, 4.69) is 0 Å². The Hall–Kier alpha value is -0.780. The van der Waals surface area contributed by atoms with Gasteiger partial charge in [-0.25, -0.2) is 4.39 Å². The second kappa shape index (κ2) is 6.08. The molecule has 1 atom stereocenters. The first-order valence-corrected chi connectivity index (χ1v) is 6.04. The fourth-order valence-electron chi connectivity index (χ4n) is 1.03. The van der Waals surface area contributed by atoms with Crippen molar-refractivity contribution in [2.45, 2.75) is 11.8 Å². The summed E-state index contributed by atoms with van der Waals surface area (Å²) in [6.07, 6.45) is 0. The molecular weight excluding hydrogens is 253 g/mol. The normalized spacial score (nSPS) is 12.4. The quantitative estimate of drug-likeness (QED) is 0.854. The summed E-state index contributed by atoms with van der Waals surface area (Å²) < 4.78 is 13.0. The number of carboxylic acid groups (broad SMARTS) is 1. The van der Waals surface area contributed by atoms with Gasteiger partial charge in [0, 0.05) is 11.5 Å². The van der Waals surface area contributed by atoms with E-state index >= 15 is 0 Å². The molecule has 0 aromatic heterocycles. The molecule has 0 aliphatic rings. The molecule has 0 saturated heterocycles. The van der Waals surface area contributed by atoms with Gasteiger partial charge in [0.15, 0.2) is 0 Å². The van der Waals surface area contributed by atoms with Gasteiger partial charge in [-0.3, -0.25) is 4.79 Å². The van der Waals surface area contributed by atoms with Gasteiger partial charge in [-0.05, 0) is 11.6 Å². The molecule has 1 aromatic rings. The van der Waals surface area contributed by atoms with Gasteiger partial charge in [-0.15, -0.1) is 0 Å². The molecule has 0 radical (unpaired) electrons. The fraction of sp³-hybridized carbons (Fsp3) is 0.300. The molecule has 3 nitrogen and oxygen atoms in total. The largest absolute Gasteiger partial charge is 0.480 e. The van der Waals surface area contributed by atoms with Crippen LogP contribution in [-0.4, -0.2) is 22.9 Å². The summed E-state index contributed by atoms with van der Waals surface area (Å²) >= 11 is 7.04. The van der Waals surface area contributed by atoms with E-state index in [0.717, 1.165) is 0 Å². The predicted octanol–water partition coefficient (Wildman–Crippen LogP) is 2.12. The molecule has 0 aliphatic heterocycles. The minimum Gasteiger partial charge on any atom is -0.480 e. The van der Waals surface area contributed by atoms with Gasteiger partial charge >= 0.3 is 5.97 Å². The Bertz CT molecular complexity index is 389. The standard InChI is InChI=1S/C10H11ClFNO2S/c11-9-6(2-1-3-7(9)12)4-16-5-8(13)10(14)15/h1-3,8H,4-5,13H2,(H,14,15)/t8-/m0/s1. The van der Waals surface area contributed by atoms with Gasteiger partial charge in [-0.2, -0.15) is 11.8 Å². The van der Waals surface area contributed by atoms with Gasteiger partial charge < -0.3 is 10.8 Å². The third kappa shape index (κ3) is 3.66. The lowest BCUT2D eigenvalue weighted by Gasteiger charge is -2.07. The number of thioether (sulfide) groups is 1.